The van der Waals surface area contributed by atoms with Gasteiger partial charge in [-0.1, -0.05) is 52.5 Å². The third-order valence-corrected chi connectivity index (χ3v) is 3.19. The molecule has 0 rings (SSSR count). The third kappa shape index (κ3) is 8.96. The molecule has 0 saturated carbocycles. The van der Waals surface area contributed by atoms with E-state index < -0.39 is 0 Å². The minimum atomic E-state index is -0.230. The maximum absolute atomic E-state index is 11.3. The van der Waals surface area contributed by atoms with Gasteiger partial charge in [-0.25, -0.2) is 4.79 Å². The summed E-state index contributed by atoms with van der Waals surface area (Å²) in [5, 5.41) is 0. The average molecular weight is 240 g/mol. The Balaban J connectivity index is 3.39. The second kappa shape index (κ2) is 10.4. The Bertz CT molecular complexity index is 221. The van der Waals surface area contributed by atoms with Crippen LogP contribution in [0.1, 0.15) is 65.7 Å². The summed E-state index contributed by atoms with van der Waals surface area (Å²) in [6.07, 6.45) is 8.20. The first-order valence-corrected chi connectivity index (χ1v) is 6.96. The summed E-state index contributed by atoms with van der Waals surface area (Å²) in [5.74, 6) is 0.622. The highest BCUT2D eigenvalue weighted by molar-refractivity contribution is 5.87. The Labute approximate surface area is 106 Å². The molecule has 0 radical (unpaired) electrons. The van der Waals surface area contributed by atoms with E-state index in [1.807, 2.05) is 6.92 Å². The molecule has 0 N–H and O–H groups in total. The zero-order valence-electron chi connectivity index (χ0n) is 11.8. The van der Waals surface area contributed by atoms with Crippen molar-refractivity contribution in [3.8, 4) is 0 Å². The number of carbonyl (C=O) groups excluding carboxylic acids is 1. The van der Waals surface area contributed by atoms with Gasteiger partial charge in [0.15, 0.2) is 0 Å². The number of unbranched alkanes of at least 4 members (excludes halogenated alkanes) is 3. The van der Waals surface area contributed by atoms with E-state index in [4.69, 9.17) is 4.74 Å². The Morgan fingerprint density at radius 3 is 2.41 bits per heavy atom. The van der Waals surface area contributed by atoms with Crippen molar-refractivity contribution in [2.75, 3.05) is 6.61 Å². The molecule has 0 spiro atoms. The molecule has 0 heterocycles. The number of rotatable bonds is 10. The highest BCUT2D eigenvalue weighted by atomic mass is 16.5. The first-order valence-electron chi connectivity index (χ1n) is 6.96. The average Bonchev–Trinajstić information content (AvgIpc) is 2.33. The maximum Gasteiger partial charge on any atom is 0.333 e. The van der Waals surface area contributed by atoms with Crippen molar-refractivity contribution >= 4 is 5.97 Å². The van der Waals surface area contributed by atoms with Crippen molar-refractivity contribution in [3.05, 3.63) is 12.2 Å². The molecule has 0 aromatic heterocycles. The van der Waals surface area contributed by atoms with Gasteiger partial charge < -0.3 is 4.74 Å². The Morgan fingerprint density at radius 1 is 1.18 bits per heavy atom. The predicted molar refractivity (Wildman–Crippen MR) is 72.9 cm³/mol. The number of esters is 1. The van der Waals surface area contributed by atoms with Crippen LogP contribution in [0.4, 0.5) is 0 Å². The smallest absolute Gasteiger partial charge is 0.333 e. The summed E-state index contributed by atoms with van der Waals surface area (Å²) >= 11 is 0. The zero-order chi connectivity index (χ0) is 13.1. The molecule has 100 valence electrons. The minimum Gasteiger partial charge on any atom is -0.463 e. The monoisotopic (exact) mass is 240 g/mol. The molecule has 0 saturated heterocycles. The molecule has 17 heavy (non-hydrogen) atoms. The second-order valence-corrected chi connectivity index (χ2v) is 4.79. The lowest BCUT2D eigenvalue weighted by molar-refractivity contribution is -0.138. The SMILES string of the molecule is C=C(CCCCCCC(C)CC)C(=O)OCC. The summed E-state index contributed by atoms with van der Waals surface area (Å²) in [7, 11) is 0. The zero-order valence-corrected chi connectivity index (χ0v) is 11.8. The molecule has 1 atom stereocenters. The van der Waals surface area contributed by atoms with Crippen molar-refractivity contribution in [3.63, 3.8) is 0 Å². The van der Waals surface area contributed by atoms with Crippen LogP contribution in [0, 0.1) is 5.92 Å². The van der Waals surface area contributed by atoms with E-state index in [1.165, 1.54) is 32.1 Å². The van der Waals surface area contributed by atoms with E-state index in [9.17, 15) is 4.79 Å². The maximum atomic E-state index is 11.3. The minimum absolute atomic E-state index is 0.230. The van der Waals surface area contributed by atoms with Crippen LogP contribution in [-0.4, -0.2) is 12.6 Å². The number of carbonyl (C=O) groups is 1. The van der Waals surface area contributed by atoms with Crippen LogP contribution in [0.5, 0.6) is 0 Å². The summed E-state index contributed by atoms with van der Waals surface area (Å²) in [4.78, 5) is 11.3. The quantitative estimate of drug-likeness (QED) is 0.319. The second-order valence-electron chi connectivity index (χ2n) is 4.79. The van der Waals surface area contributed by atoms with Gasteiger partial charge in [-0.2, -0.15) is 0 Å². The van der Waals surface area contributed by atoms with Crippen LogP contribution in [0.3, 0.4) is 0 Å². The van der Waals surface area contributed by atoms with Crippen molar-refractivity contribution in [1.29, 1.82) is 0 Å². The van der Waals surface area contributed by atoms with Crippen LogP contribution in [0.2, 0.25) is 0 Å². The molecular weight excluding hydrogens is 212 g/mol. The highest BCUT2D eigenvalue weighted by Crippen LogP contribution is 2.15. The fourth-order valence-corrected chi connectivity index (χ4v) is 1.72. The van der Waals surface area contributed by atoms with Crippen molar-refractivity contribution in [1.82, 2.24) is 0 Å². The molecule has 0 aliphatic rings. The molecule has 2 nitrogen and oxygen atoms in total. The molecular formula is C15H28O2. The predicted octanol–water partition coefficient (Wildman–Crippen LogP) is 4.49. The van der Waals surface area contributed by atoms with E-state index >= 15 is 0 Å². The summed E-state index contributed by atoms with van der Waals surface area (Å²) in [6, 6.07) is 0. The fraction of sp³-hybridized carbons (Fsp3) is 0.800. The van der Waals surface area contributed by atoms with Crippen LogP contribution >= 0.6 is 0 Å². The van der Waals surface area contributed by atoms with E-state index in [0.29, 0.717) is 12.2 Å². The highest BCUT2D eigenvalue weighted by Gasteiger charge is 2.06. The van der Waals surface area contributed by atoms with Crippen LogP contribution in [-0.2, 0) is 9.53 Å². The van der Waals surface area contributed by atoms with Gasteiger partial charge in [0.1, 0.15) is 0 Å². The third-order valence-electron chi connectivity index (χ3n) is 3.19. The summed E-state index contributed by atoms with van der Waals surface area (Å²) in [6.45, 7) is 10.6. The fourth-order valence-electron chi connectivity index (χ4n) is 1.72. The Hall–Kier alpha value is -0.790. The van der Waals surface area contributed by atoms with E-state index in [2.05, 4.69) is 20.4 Å². The van der Waals surface area contributed by atoms with Gasteiger partial charge in [0.2, 0.25) is 0 Å². The van der Waals surface area contributed by atoms with Crippen molar-refractivity contribution in [2.45, 2.75) is 65.7 Å². The van der Waals surface area contributed by atoms with Gasteiger partial charge in [-0.05, 0) is 25.7 Å². The summed E-state index contributed by atoms with van der Waals surface area (Å²) in [5.41, 5.74) is 0.619. The lowest BCUT2D eigenvalue weighted by atomic mass is 9.99. The lowest BCUT2D eigenvalue weighted by Gasteiger charge is -2.08. The summed E-state index contributed by atoms with van der Waals surface area (Å²) < 4.78 is 4.89. The van der Waals surface area contributed by atoms with Crippen LogP contribution in [0.15, 0.2) is 12.2 Å². The van der Waals surface area contributed by atoms with Crippen LogP contribution < -0.4 is 0 Å². The Kier molecular flexibility index (Phi) is 9.89. The molecule has 0 bridgehead atoms. The van der Waals surface area contributed by atoms with Crippen molar-refractivity contribution < 1.29 is 9.53 Å². The molecule has 1 unspecified atom stereocenters. The molecule has 0 aliphatic heterocycles. The molecule has 2 heteroatoms. The molecule has 0 amide bonds. The number of hydrogen-bond acceptors (Lipinski definition) is 2. The van der Waals surface area contributed by atoms with Crippen LogP contribution in [0.25, 0.3) is 0 Å². The first-order chi connectivity index (χ1) is 8.11. The normalized spacial score (nSPS) is 12.2. The standard InChI is InChI=1S/C15H28O2/c1-5-13(3)11-9-7-8-10-12-14(4)15(16)17-6-2/h13H,4-12H2,1-3H3. The van der Waals surface area contributed by atoms with Crippen molar-refractivity contribution in [2.24, 2.45) is 5.92 Å². The topological polar surface area (TPSA) is 26.3 Å². The largest absolute Gasteiger partial charge is 0.463 e. The van der Waals surface area contributed by atoms with E-state index in [1.54, 1.807) is 0 Å². The molecule has 0 aromatic carbocycles. The lowest BCUT2D eigenvalue weighted by Crippen LogP contribution is -2.06. The molecule has 0 fully saturated rings. The van der Waals surface area contributed by atoms with Gasteiger partial charge >= 0.3 is 5.97 Å². The number of ether oxygens (including phenoxy) is 1. The van der Waals surface area contributed by atoms with E-state index in [-0.39, 0.29) is 5.97 Å². The van der Waals surface area contributed by atoms with Gasteiger partial charge in [-0.15, -0.1) is 0 Å². The Morgan fingerprint density at radius 2 is 1.82 bits per heavy atom. The molecule has 0 aromatic rings. The van der Waals surface area contributed by atoms with Gasteiger partial charge in [0, 0.05) is 5.57 Å². The van der Waals surface area contributed by atoms with Gasteiger partial charge in [-0.3, -0.25) is 0 Å². The van der Waals surface area contributed by atoms with E-state index in [0.717, 1.165) is 18.8 Å². The van der Waals surface area contributed by atoms with Gasteiger partial charge in [0.05, 0.1) is 6.61 Å². The number of hydrogen-bond donors (Lipinski definition) is 0. The van der Waals surface area contributed by atoms with Gasteiger partial charge in [0.25, 0.3) is 0 Å². The first kappa shape index (κ1) is 16.2. The molecule has 0 aliphatic carbocycles.